The zero-order valence-corrected chi connectivity index (χ0v) is 17.9. The molecule has 3 aromatic rings. The van der Waals surface area contributed by atoms with Crippen molar-refractivity contribution in [1.29, 1.82) is 0 Å². The minimum Gasteiger partial charge on any atom is -0.507 e. The highest BCUT2D eigenvalue weighted by atomic mass is 32.2. The highest BCUT2D eigenvalue weighted by molar-refractivity contribution is 7.99. The number of aliphatic hydroxyl groups is 1. The van der Waals surface area contributed by atoms with E-state index in [1.165, 1.54) is 42.5 Å². The summed E-state index contributed by atoms with van der Waals surface area (Å²) >= 11 is 1.23. The molecule has 0 bridgehead atoms. The standard InChI is InChI=1S/C24H23FO5S/c1-3-24(29,4-2)16-9-17(25)11-19(10-16)31-18-5-6-20(22(26)12-18)21(13-23(27)28)15-7-8-30-14-15/h5-14,26,29H,3-4H2,1-2H3,(H,27,28)/b21-13-. The molecular weight excluding hydrogens is 419 g/mol. The zero-order chi connectivity index (χ0) is 22.6. The van der Waals surface area contributed by atoms with E-state index in [4.69, 9.17) is 4.42 Å². The van der Waals surface area contributed by atoms with Crippen molar-refractivity contribution in [2.45, 2.75) is 42.1 Å². The highest BCUT2D eigenvalue weighted by Crippen LogP contribution is 2.38. The minimum absolute atomic E-state index is 0.117. The molecule has 0 fully saturated rings. The summed E-state index contributed by atoms with van der Waals surface area (Å²) in [6, 6.07) is 10.9. The number of aromatic hydroxyl groups is 1. The number of halogens is 1. The van der Waals surface area contributed by atoms with Crippen LogP contribution in [0.25, 0.3) is 5.57 Å². The Kier molecular flexibility index (Phi) is 6.87. The van der Waals surface area contributed by atoms with Crippen molar-refractivity contribution in [2.75, 3.05) is 0 Å². The van der Waals surface area contributed by atoms with E-state index >= 15 is 0 Å². The summed E-state index contributed by atoms with van der Waals surface area (Å²) in [4.78, 5) is 12.5. The van der Waals surface area contributed by atoms with E-state index < -0.39 is 17.4 Å². The first-order valence-electron chi connectivity index (χ1n) is 9.77. The molecule has 0 amide bonds. The number of carbonyl (C=O) groups is 1. The van der Waals surface area contributed by atoms with E-state index in [0.717, 1.165) is 6.08 Å². The number of hydrogen-bond acceptors (Lipinski definition) is 5. The van der Waals surface area contributed by atoms with E-state index in [9.17, 15) is 24.5 Å². The van der Waals surface area contributed by atoms with Crippen molar-refractivity contribution in [3.8, 4) is 5.75 Å². The highest BCUT2D eigenvalue weighted by Gasteiger charge is 2.26. The van der Waals surface area contributed by atoms with Crippen molar-refractivity contribution in [3.05, 3.63) is 83.6 Å². The Morgan fingerprint density at radius 3 is 2.45 bits per heavy atom. The number of aliphatic carboxylic acids is 1. The summed E-state index contributed by atoms with van der Waals surface area (Å²) in [5.74, 6) is -1.72. The van der Waals surface area contributed by atoms with Crippen LogP contribution in [0.3, 0.4) is 0 Å². The Hall–Kier alpha value is -3.03. The molecule has 0 unspecified atom stereocenters. The molecular formula is C24H23FO5S. The van der Waals surface area contributed by atoms with Crippen LogP contribution < -0.4 is 0 Å². The second kappa shape index (κ2) is 9.41. The van der Waals surface area contributed by atoms with Gasteiger partial charge in [0.25, 0.3) is 0 Å². The second-order valence-corrected chi connectivity index (χ2v) is 8.25. The monoisotopic (exact) mass is 442 g/mol. The van der Waals surface area contributed by atoms with Gasteiger partial charge in [-0.25, -0.2) is 9.18 Å². The van der Waals surface area contributed by atoms with Gasteiger partial charge in [-0.05, 0) is 60.9 Å². The van der Waals surface area contributed by atoms with Gasteiger partial charge < -0.3 is 19.7 Å². The van der Waals surface area contributed by atoms with E-state index in [-0.39, 0.29) is 5.75 Å². The predicted molar refractivity (Wildman–Crippen MR) is 117 cm³/mol. The SMILES string of the molecule is CCC(O)(CC)c1cc(F)cc(Sc2ccc(/C(=C\C(=O)O)c3ccoc3)c(O)c2)c1. The Bertz CT molecular complexity index is 1100. The van der Waals surface area contributed by atoms with E-state index in [2.05, 4.69) is 0 Å². The lowest BCUT2D eigenvalue weighted by Gasteiger charge is -2.26. The normalized spacial score (nSPS) is 12.2. The van der Waals surface area contributed by atoms with Gasteiger partial charge in [0.15, 0.2) is 0 Å². The number of phenols is 1. The smallest absolute Gasteiger partial charge is 0.328 e. The number of hydrogen-bond donors (Lipinski definition) is 3. The Morgan fingerprint density at radius 1 is 1.13 bits per heavy atom. The number of carboxylic acid groups (broad SMARTS) is 1. The van der Waals surface area contributed by atoms with Crippen molar-refractivity contribution in [1.82, 2.24) is 0 Å². The molecule has 3 rings (SSSR count). The van der Waals surface area contributed by atoms with Gasteiger partial charge in [0.2, 0.25) is 0 Å². The van der Waals surface area contributed by atoms with Gasteiger partial charge in [-0.1, -0.05) is 25.6 Å². The summed E-state index contributed by atoms with van der Waals surface area (Å²) < 4.78 is 19.2. The molecule has 0 aliphatic rings. The quantitative estimate of drug-likeness (QED) is 0.382. The fraction of sp³-hybridized carbons (Fsp3) is 0.208. The Morgan fingerprint density at radius 2 is 1.87 bits per heavy atom. The van der Waals surface area contributed by atoms with Crippen LogP contribution in [0.1, 0.15) is 43.4 Å². The van der Waals surface area contributed by atoms with Gasteiger partial charge in [0, 0.05) is 32.6 Å². The maximum Gasteiger partial charge on any atom is 0.328 e. The van der Waals surface area contributed by atoms with Gasteiger partial charge in [0.1, 0.15) is 11.6 Å². The molecule has 1 aromatic heterocycles. The number of furan rings is 1. The third-order valence-corrected chi connectivity index (χ3v) is 6.13. The summed E-state index contributed by atoms with van der Waals surface area (Å²) in [5, 5.41) is 30.5. The predicted octanol–water partition coefficient (Wildman–Crippen LogP) is 5.80. The molecule has 3 N–H and O–H groups in total. The van der Waals surface area contributed by atoms with E-state index in [1.807, 2.05) is 13.8 Å². The lowest BCUT2D eigenvalue weighted by atomic mass is 9.89. The van der Waals surface area contributed by atoms with Crippen molar-refractivity contribution < 1.29 is 28.9 Å². The first-order chi connectivity index (χ1) is 14.8. The van der Waals surface area contributed by atoms with Gasteiger partial charge in [-0.2, -0.15) is 0 Å². The van der Waals surface area contributed by atoms with Crippen LogP contribution in [0.5, 0.6) is 5.75 Å². The van der Waals surface area contributed by atoms with Crippen LogP contribution in [0.4, 0.5) is 4.39 Å². The summed E-state index contributed by atoms with van der Waals surface area (Å²) in [7, 11) is 0. The second-order valence-electron chi connectivity index (χ2n) is 7.10. The fourth-order valence-corrected chi connectivity index (χ4v) is 4.28. The molecule has 162 valence electrons. The van der Waals surface area contributed by atoms with Crippen molar-refractivity contribution in [2.24, 2.45) is 0 Å². The third-order valence-electron chi connectivity index (χ3n) is 5.17. The first kappa shape index (κ1) is 22.7. The average molecular weight is 443 g/mol. The van der Waals surface area contributed by atoms with Gasteiger partial charge in [-0.3, -0.25) is 0 Å². The molecule has 2 aromatic carbocycles. The van der Waals surface area contributed by atoms with E-state index in [1.54, 1.807) is 24.3 Å². The summed E-state index contributed by atoms with van der Waals surface area (Å²) in [6.45, 7) is 3.69. The van der Waals surface area contributed by atoms with Crippen LogP contribution in [0, 0.1) is 5.82 Å². The van der Waals surface area contributed by atoms with E-state index in [0.29, 0.717) is 44.9 Å². The molecule has 5 nitrogen and oxygen atoms in total. The molecule has 0 atom stereocenters. The molecule has 31 heavy (non-hydrogen) atoms. The molecule has 0 radical (unpaired) electrons. The molecule has 0 aliphatic heterocycles. The van der Waals surface area contributed by atoms with Crippen molar-refractivity contribution in [3.63, 3.8) is 0 Å². The molecule has 1 heterocycles. The summed E-state index contributed by atoms with van der Waals surface area (Å²) in [5.41, 5.74) is 0.558. The molecule has 7 heteroatoms. The van der Waals surface area contributed by atoms with Gasteiger partial charge in [0.05, 0.1) is 18.1 Å². The largest absolute Gasteiger partial charge is 0.507 e. The number of carboxylic acids is 1. The fourth-order valence-electron chi connectivity index (χ4n) is 3.35. The van der Waals surface area contributed by atoms with Gasteiger partial charge in [-0.15, -0.1) is 0 Å². The minimum atomic E-state index is -1.15. The van der Waals surface area contributed by atoms with Crippen LogP contribution >= 0.6 is 11.8 Å². The third kappa shape index (κ3) is 5.18. The van der Waals surface area contributed by atoms with Crippen molar-refractivity contribution >= 4 is 23.3 Å². The zero-order valence-electron chi connectivity index (χ0n) is 17.1. The van der Waals surface area contributed by atoms with Crippen LogP contribution in [-0.2, 0) is 10.4 Å². The molecule has 0 saturated carbocycles. The molecule has 0 spiro atoms. The lowest BCUT2D eigenvalue weighted by molar-refractivity contribution is -0.131. The van der Waals surface area contributed by atoms with Crippen LogP contribution in [0.15, 0.2) is 75.3 Å². The van der Waals surface area contributed by atoms with Crippen LogP contribution in [0.2, 0.25) is 0 Å². The Balaban J connectivity index is 1.94. The first-order valence-corrected chi connectivity index (χ1v) is 10.6. The Labute approximate surface area is 183 Å². The van der Waals surface area contributed by atoms with Gasteiger partial charge >= 0.3 is 5.97 Å². The number of phenolic OH excluding ortho intramolecular Hbond substituents is 1. The molecule has 0 saturated heterocycles. The maximum absolute atomic E-state index is 14.2. The maximum atomic E-state index is 14.2. The number of rotatable bonds is 8. The average Bonchev–Trinajstić information content (AvgIpc) is 3.26. The van der Waals surface area contributed by atoms with Crippen LogP contribution in [-0.4, -0.2) is 21.3 Å². The number of benzene rings is 2. The summed E-state index contributed by atoms with van der Waals surface area (Å²) in [6.07, 6.45) is 4.73. The lowest BCUT2D eigenvalue weighted by Crippen LogP contribution is -2.23. The topological polar surface area (TPSA) is 90.9 Å². The molecule has 0 aliphatic carbocycles.